The Labute approximate surface area is 141 Å². The van der Waals surface area contributed by atoms with Gasteiger partial charge in [-0.3, -0.25) is 4.79 Å². The van der Waals surface area contributed by atoms with E-state index < -0.39 is 0 Å². The Bertz CT molecular complexity index is 887. The van der Waals surface area contributed by atoms with Crippen LogP contribution in [-0.4, -0.2) is 35.3 Å². The average molecular weight is 322 g/mol. The highest BCUT2D eigenvalue weighted by molar-refractivity contribution is 5.90. The molecule has 0 amide bonds. The largest absolute Gasteiger partial charge is 0.366 e. The first-order valence-corrected chi connectivity index (χ1v) is 7.99. The fourth-order valence-electron chi connectivity index (χ4n) is 2.90. The smallest absolute Gasteiger partial charge is 0.274 e. The van der Waals surface area contributed by atoms with Crippen LogP contribution >= 0.6 is 0 Å². The first-order valence-electron chi connectivity index (χ1n) is 7.99. The maximum absolute atomic E-state index is 12.2. The Morgan fingerprint density at radius 1 is 1.04 bits per heavy atom. The average Bonchev–Trinajstić information content (AvgIpc) is 2.60. The predicted octanol–water partition coefficient (Wildman–Crippen LogP) is 2.65. The van der Waals surface area contributed by atoms with Gasteiger partial charge in [0, 0.05) is 19.0 Å². The van der Waals surface area contributed by atoms with Crippen molar-refractivity contribution in [3.05, 3.63) is 70.5 Å². The summed E-state index contributed by atoms with van der Waals surface area (Å²) in [6.07, 6.45) is 0. The van der Waals surface area contributed by atoms with Gasteiger partial charge in [0.2, 0.25) is 0 Å². The minimum atomic E-state index is -0.0802. The molecule has 124 valence electrons. The molecule has 3 aromatic rings. The molecular weight excluding hydrogens is 300 g/mol. The number of aryl methyl sites for hydroxylation is 1. The summed E-state index contributed by atoms with van der Waals surface area (Å²) in [6, 6.07) is 18.1. The van der Waals surface area contributed by atoms with Crippen LogP contribution in [0.2, 0.25) is 0 Å². The number of nitrogens with one attached hydrogen (secondary N) is 1. The van der Waals surface area contributed by atoms with E-state index in [-0.39, 0.29) is 11.6 Å². The van der Waals surface area contributed by atoms with Gasteiger partial charge in [0.1, 0.15) is 0 Å². The van der Waals surface area contributed by atoms with Crippen LogP contribution in [0.25, 0.3) is 10.8 Å². The molecule has 1 N–H and O–H groups in total. The van der Waals surface area contributed by atoms with Crippen molar-refractivity contribution in [1.29, 1.82) is 0 Å². The van der Waals surface area contributed by atoms with E-state index in [1.807, 2.05) is 42.5 Å². The van der Waals surface area contributed by atoms with Gasteiger partial charge in [-0.25, -0.2) is 4.68 Å². The number of rotatable bonds is 5. The van der Waals surface area contributed by atoms with E-state index in [4.69, 9.17) is 0 Å². The van der Waals surface area contributed by atoms with Crippen LogP contribution in [-0.2, 0) is 7.05 Å². The quantitative estimate of drug-likeness (QED) is 0.784. The van der Waals surface area contributed by atoms with Crippen molar-refractivity contribution in [1.82, 2.24) is 14.7 Å². The van der Waals surface area contributed by atoms with E-state index in [0.717, 1.165) is 11.2 Å². The second-order valence-electron chi connectivity index (χ2n) is 6.09. The summed E-state index contributed by atoms with van der Waals surface area (Å²) in [7, 11) is 5.80. The summed E-state index contributed by atoms with van der Waals surface area (Å²) in [5.74, 6) is 0.732. The van der Waals surface area contributed by atoms with Crippen LogP contribution in [0, 0.1) is 0 Å². The first kappa shape index (κ1) is 16.2. The molecule has 1 aromatic heterocycles. The minimum absolute atomic E-state index is 0.0802. The second-order valence-corrected chi connectivity index (χ2v) is 6.09. The van der Waals surface area contributed by atoms with Crippen LogP contribution in [0.3, 0.4) is 0 Å². The fourth-order valence-corrected chi connectivity index (χ4v) is 2.90. The fraction of sp³-hybridized carbons (Fsp3) is 0.263. The molecule has 0 spiro atoms. The Morgan fingerprint density at radius 2 is 1.67 bits per heavy atom. The molecule has 0 bridgehead atoms. The topological polar surface area (TPSA) is 50.2 Å². The summed E-state index contributed by atoms with van der Waals surface area (Å²) in [5, 5.41) is 9.36. The SMILES string of the molecule is CN(C)[C@@H](CNc1nn(C)c(=O)c2ccccc12)c1ccccc1. The highest BCUT2D eigenvalue weighted by Gasteiger charge is 2.15. The van der Waals surface area contributed by atoms with E-state index >= 15 is 0 Å². The second kappa shape index (κ2) is 6.84. The van der Waals surface area contributed by atoms with Gasteiger partial charge in [0.05, 0.1) is 11.4 Å². The lowest BCUT2D eigenvalue weighted by atomic mass is 10.1. The molecule has 1 atom stereocenters. The van der Waals surface area contributed by atoms with Crippen LogP contribution in [0.4, 0.5) is 5.82 Å². The Balaban J connectivity index is 1.92. The van der Waals surface area contributed by atoms with Crippen LogP contribution in [0.15, 0.2) is 59.4 Å². The molecule has 0 aliphatic rings. The zero-order valence-electron chi connectivity index (χ0n) is 14.2. The predicted molar refractivity (Wildman–Crippen MR) is 98.3 cm³/mol. The number of hydrogen-bond donors (Lipinski definition) is 1. The van der Waals surface area contributed by atoms with Gasteiger partial charge >= 0.3 is 0 Å². The van der Waals surface area contributed by atoms with Crippen molar-refractivity contribution >= 4 is 16.6 Å². The molecule has 5 nitrogen and oxygen atoms in total. The van der Waals surface area contributed by atoms with Crippen LogP contribution in [0.5, 0.6) is 0 Å². The third-order valence-corrected chi connectivity index (χ3v) is 4.23. The molecule has 0 saturated heterocycles. The van der Waals surface area contributed by atoms with E-state index in [1.54, 1.807) is 7.05 Å². The molecule has 0 saturated carbocycles. The van der Waals surface area contributed by atoms with Gasteiger partial charge in [-0.15, -0.1) is 0 Å². The lowest BCUT2D eigenvalue weighted by Crippen LogP contribution is -2.28. The lowest BCUT2D eigenvalue weighted by molar-refractivity contribution is 0.311. The summed E-state index contributed by atoms with van der Waals surface area (Å²) < 4.78 is 1.39. The molecule has 1 heterocycles. The molecule has 0 unspecified atom stereocenters. The molecule has 0 radical (unpaired) electrons. The van der Waals surface area contributed by atoms with Gasteiger partial charge in [0.25, 0.3) is 5.56 Å². The van der Waals surface area contributed by atoms with Crippen molar-refractivity contribution in [2.75, 3.05) is 26.0 Å². The van der Waals surface area contributed by atoms with Crippen LogP contribution in [0.1, 0.15) is 11.6 Å². The normalized spacial score (nSPS) is 12.5. The van der Waals surface area contributed by atoms with Gasteiger partial charge in [-0.1, -0.05) is 48.5 Å². The maximum Gasteiger partial charge on any atom is 0.274 e. The van der Waals surface area contributed by atoms with E-state index in [1.165, 1.54) is 10.2 Å². The molecule has 2 aromatic carbocycles. The number of anilines is 1. The number of benzene rings is 2. The number of nitrogens with zero attached hydrogens (tertiary/aromatic N) is 3. The third-order valence-electron chi connectivity index (χ3n) is 4.23. The molecule has 5 heteroatoms. The van der Waals surface area contributed by atoms with E-state index in [2.05, 4.69) is 41.5 Å². The summed E-state index contributed by atoms with van der Waals surface area (Å²) in [5.41, 5.74) is 1.16. The number of aromatic nitrogens is 2. The summed E-state index contributed by atoms with van der Waals surface area (Å²) in [6.45, 7) is 0.701. The van der Waals surface area contributed by atoms with Crippen molar-refractivity contribution in [2.45, 2.75) is 6.04 Å². The molecule has 0 aliphatic carbocycles. The highest BCUT2D eigenvalue weighted by atomic mass is 16.1. The van der Waals surface area contributed by atoms with E-state index in [9.17, 15) is 4.79 Å². The zero-order valence-corrected chi connectivity index (χ0v) is 14.2. The summed E-state index contributed by atoms with van der Waals surface area (Å²) >= 11 is 0. The van der Waals surface area contributed by atoms with Crippen molar-refractivity contribution in [3.63, 3.8) is 0 Å². The minimum Gasteiger partial charge on any atom is -0.366 e. The summed E-state index contributed by atoms with van der Waals surface area (Å²) in [4.78, 5) is 14.4. The van der Waals surface area contributed by atoms with Gasteiger partial charge in [-0.2, -0.15) is 5.10 Å². The Morgan fingerprint density at radius 3 is 2.33 bits per heavy atom. The van der Waals surface area contributed by atoms with Crippen molar-refractivity contribution in [2.24, 2.45) is 7.05 Å². The Kier molecular flexibility index (Phi) is 4.62. The third kappa shape index (κ3) is 3.16. The molecule has 0 aliphatic heterocycles. The number of fused-ring (bicyclic) bond motifs is 1. The number of hydrogen-bond acceptors (Lipinski definition) is 4. The zero-order chi connectivity index (χ0) is 17.1. The monoisotopic (exact) mass is 322 g/mol. The molecule has 24 heavy (non-hydrogen) atoms. The highest BCUT2D eigenvalue weighted by Crippen LogP contribution is 2.21. The standard InChI is InChI=1S/C19H22N4O/c1-22(2)17(14-9-5-4-6-10-14)13-20-18-15-11-7-8-12-16(15)19(24)23(3)21-18/h4-12,17H,13H2,1-3H3,(H,20,21)/t17-/m0/s1. The van der Waals surface area contributed by atoms with Crippen LogP contribution < -0.4 is 10.9 Å². The van der Waals surface area contributed by atoms with Gasteiger partial charge < -0.3 is 10.2 Å². The van der Waals surface area contributed by atoms with Gasteiger partial charge in [0.15, 0.2) is 5.82 Å². The maximum atomic E-state index is 12.2. The first-order chi connectivity index (χ1) is 11.6. The molecular formula is C19H22N4O. The number of likely N-dealkylation sites (N-methyl/N-ethyl adjacent to an activating group) is 1. The Hall–Kier alpha value is -2.66. The lowest BCUT2D eigenvalue weighted by Gasteiger charge is -2.25. The van der Waals surface area contributed by atoms with Crippen molar-refractivity contribution < 1.29 is 0 Å². The molecule has 3 rings (SSSR count). The van der Waals surface area contributed by atoms with Crippen molar-refractivity contribution in [3.8, 4) is 0 Å². The molecule has 0 fully saturated rings. The van der Waals surface area contributed by atoms with E-state index in [0.29, 0.717) is 11.9 Å². The van der Waals surface area contributed by atoms with Gasteiger partial charge in [-0.05, 0) is 25.7 Å².